The summed E-state index contributed by atoms with van der Waals surface area (Å²) in [5.74, 6) is -3.32. The smallest absolute Gasteiger partial charge is 0.748 e. The van der Waals surface area contributed by atoms with E-state index in [-0.39, 0.29) is 158 Å². The molecule has 7 rings (SSSR count). The van der Waals surface area contributed by atoms with E-state index in [0.29, 0.717) is 5.56 Å². The molecule has 62 heavy (non-hydrogen) atoms. The molecule has 0 radical (unpaired) electrons. The predicted molar refractivity (Wildman–Crippen MR) is 199 cm³/mol. The molecule has 0 fully saturated rings. The Morgan fingerprint density at radius 1 is 0.452 bits per heavy atom. The number of aromatic nitrogens is 6. The summed E-state index contributed by atoms with van der Waals surface area (Å²) in [5.41, 5.74) is -0.313. The van der Waals surface area contributed by atoms with E-state index in [2.05, 4.69) is 30.4 Å². The van der Waals surface area contributed by atoms with Gasteiger partial charge in [-0.3, -0.25) is 0 Å². The van der Waals surface area contributed by atoms with Crippen LogP contribution >= 0.6 is 0 Å². The van der Waals surface area contributed by atoms with Crippen molar-refractivity contribution in [3.63, 3.8) is 0 Å². The van der Waals surface area contributed by atoms with Crippen molar-refractivity contribution in [2.75, 3.05) is 0 Å². The van der Waals surface area contributed by atoms with Crippen LogP contribution in [-0.2, 0) is 50.1 Å². The monoisotopic (exact) mass is 953 g/mol. The van der Waals surface area contributed by atoms with Gasteiger partial charge >= 0.3 is 118 Å². The van der Waals surface area contributed by atoms with Crippen LogP contribution in [0.5, 0.6) is 0 Å². The minimum atomic E-state index is -7.00. The van der Waals surface area contributed by atoms with Gasteiger partial charge in [0.2, 0.25) is 4.87 Å². The van der Waals surface area contributed by atoms with Crippen LogP contribution in [0.15, 0.2) is 132 Å². The second kappa shape index (κ2) is 20.7. The van der Waals surface area contributed by atoms with Gasteiger partial charge in [-0.05, 0) is 0 Å². The Hall–Kier alpha value is -1.92. The van der Waals surface area contributed by atoms with E-state index < -0.39 is 77.6 Å². The van der Waals surface area contributed by atoms with E-state index in [1.54, 1.807) is 53.8 Å². The molecule has 0 bridgehead atoms. The van der Waals surface area contributed by atoms with Gasteiger partial charge in [0.1, 0.15) is 68.5 Å². The van der Waals surface area contributed by atoms with Gasteiger partial charge in [-0.25, -0.2) is 43.6 Å². The summed E-state index contributed by atoms with van der Waals surface area (Å²) in [6.07, 6.45) is -0.206. The van der Waals surface area contributed by atoms with Crippen molar-refractivity contribution >= 4 is 40.5 Å². The van der Waals surface area contributed by atoms with Gasteiger partial charge in [0, 0.05) is 28.5 Å². The fourth-order valence-corrected chi connectivity index (χ4v) is 12.9. The summed E-state index contributed by atoms with van der Waals surface area (Å²) in [4.78, 5) is 1.63. The van der Waals surface area contributed by atoms with Gasteiger partial charge < -0.3 is 23.5 Å². The molecule has 0 aliphatic carbocycles. The summed E-state index contributed by atoms with van der Waals surface area (Å²) in [6, 6.07) is 30.3. The van der Waals surface area contributed by atoms with Crippen molar-refractivity contribution < 1.29 is 170 Å². The Kier molecular flexibility index (Phi) is 18.2. The van der Waals surface area contributed by atoms with Crippen LogP contribution in [0.3, 0.4) is 0 Å². The molecule has 3 heterocycles. The molecule has 19 nitrogen and oxygen atoms in total. The van der Waals surface area contributed by atoms with Gasteiger partial charge in [0.05, 0.1) is 4.91 Å². The number of hydrogen-bond donors (Lipinski definition) is 1. The molecule has 6 aromatic rings. The Labute approximate surface area is 444 Å². The second-order valence-electron chi connectivity index (χ2n) is 12.5. The van der Waals surface area contributed by atoms with Crippen LogP contribution < -0.4 is 124 Å². The Bertz CT molecular complexity index is 3060. The molecule has 3 unspecified atom stereocenters. The van der Waals surface area contributed by atoms with E-state index in [1.807, 2.05) is 0 Å². The number of rotatable bonds is 10. The van der Waals surface area contributed by atoms with Crippen molar-refractivity contribution in [1.82, 2.24) is 35.7 Å². The molecule has 1 aliphatic heterocycles. The molecule has 0 saturated heterocycles. The molecule has 0 spiro atoms. The zero-order valence-corrected chi connectivity index (χ0v) is 44.2. The molecule has 1 N–H and O–H groups in total. The first-order chi connectivity index (χ1) is 27.3. The summed E-state index contributed by atoms with van der Waals surface area (Å²) in [7, 11) is -27.1. The number of nitrogens with zero attached hydrogens (tertiary/aromatic N) is 6. The van der Waals surface area contributed by atoms with Gasteiger partial charge in [0.15, 0.2) is 16.4 Å². The number of benzene rings is 4. The van der Waals surface area contributed by atoms with E-state index in [0.717, 1.165) is 0 Å². The van der Waals surface area contributed by atoms with Crippen LogP contribution in [0.1, 0.15) is 11.6 Å². The third kappa shape index (κ3) is 9.93. The van der Waals surface area contributed by atoms with Gasteiger partial charge in [-0.2, -0.15) is 0 Å². The van der Waals surface area contributed by atoms with Gasteiger partial charge in [-0.1, -0.05) is 121 Å². The fraction of sp³-hybridized carbons (Fsp3) is 0.0857. The molecular weight excluding hydrogens is 931 g/mol. The van der Waals surface area contributed by atoms with E-state index in [4.69, 9.17) is 0 Å². The summed E-state index contributed by atoms with van der Waals surface area (Å²) < 4.78 is 159. The van der Waals surface area contributed by atoms with Gasteiger partial charge in [-0.15, -0.1) is 20.4 Å². The molecule has 298 valence electrons. The van der Waals surface area contributed by atoms with Crippen molar-refractivity contribution in [3.8, 4) is 45.0 Å². The summed E-state index contributed by atoms with van der Waals surface area (Å²) in [5, 5.41) is 12.7. The van der Waals surface area contributed by atoms with Crippen molar-refractivity contribution in [3.05, 3.63) is 144 Å². The normalized spacial score (nSPS) is 18.8. The summed E-state index contributed by atoms with van der Waals surface area (Å²) >= 11 is 0. The van der Waals surface area contributed by atoms with Crippen molar-refractivity contribution in [2.45, 2.75) is 14.9 Å². The van der Waals surface area contributed by atoms with Crippen molar-refractivity contribution in [1.29, 1.82) is 0 Å². The maximum Gasteiger partial charge on any atom is 1.00 e. The van der Waals surface area contributed by atoms with Crippen LogP contribution in [0, 0.1) is 0 Å². The summed E-state index contributed by atoms with van der Waals surface area (Å²) in [6.45, 7) is 0. The molecule has 27 heteroatoms. The average Bonchev–Trinajstić information content (AvgIpc) is 3.19. The van der Waals surface area contributed by atoms with Crippen molar-refractivity contribution in [2.24, 2.45) is 0 Å². The average molecular weight is 954 g/mol. The van der Waals surface area contributed by atoms with E-state index in [9.17, 15) is 51.9 Å². The first kappa shape index (κ1) is 54.4. The topological polar surface area (TPSA) is 318 Å². The zero-order valence-electron chi connectivity index (χ0n) is 32.9. The largest absolute Gasteiger partial charge is 1.00 e. The first-order valence-corrected chi connectivity index (χ1v) is 22.0. The van der Waals surface area contributed by atoms with E-state index in [1.165, 1.54) is 72.8 Å². The number of hydrogen-bond acceptors (Lipinski definition) is 19. The van der Waals surface area contributed by atoms with Crippen LogP contribution in [0.2, 0.25) is 0 Å². The molecule has 0 amide bonds. The Balaban J connectivity index is 0.00000256. The molecule has 0 saturated carbocycles. The molecular formula is C35H23N7Na4O12S4. The number of nitrogens with one attached hydrogen (secondary N) is 1. The van der Waals surface area contributed by atoms with Gasteiger partial charge in [0.25, 0.3) is 0 Å². The van der Waals surface area contributed by atoms with Crippen LogP contribution in [0.25, 0.3) is 45.0 Å². The maximum atomic E-state index is 13.9. The fourth-order valence-electron chi connectivity index (χ4n) is 6.67. The Morgan fingerprint density at radius 2 is 0.790 bits per heavy atom. The molecule has 3 atom stereocenters. The minimum absolute atomic E-state index is 0. The Morgan fingerprint density at radius 3 is 1.11 bits per heavy atom. The third-order valence-electron chi connectivity index (χ3n) is 9.10. The quantitative estimate of drug-likeness (QED) is 0.0984. The SMILES string of the molecule is O=S(=O)([O-])C1=CNC(c2nnc(-c3ccccc3)c(-c3ccccc3)n2)(S(=O)(=O)[O-])C(S(=O)(=O)[O-])C1(c1nnc(-c2ccccc2)c(-c2ccccc2)n1)S(=O)(=O)[O-].[Na+].[Na+].[Na+].[Na+]. The third-order valence-corrected chi connectivity index (χ3v) is 14.5. The zero-order chi connectivity index (χ0) is 41.7. The standard InChI is InChI=1S/C35H27N7O12S4.4Na/c43-55(44,45)26-21-36-35(58(52,53)54,33-38-28(23-15-7-2-8-16-23)30(40-42-33)25-19-11-4-12-20-25)31(56(46,47)48)34(26,57(49,50)51)32-37-27(22-13-5-1-6-14-22)29(39-41-32)24-17-9-3-10-18-24;;;;/h1-21,31,36H,(H,43,44,45)(H,46,47,48)(H,49,50,51)(H,52,53,54);;;;/q;4*+1/p-4. The van der Waals surface area contributed by atoms with E-state index >= 15 is 0 Å². The van der Waals surface area contributed by atoms with Crippen LogP contribution in [0.4, 0.5) is 0 Å². The molecule has 2 aromatic heterocycles. The molecule has 4 aromatic carbocycles. The first-order valence-electron chi connectivity index (χ1n) is 16.3. The van der Waals surface area contributed by atoms with Crippen LogP contribution in [-0.4, -0.2) is 87.5 Å². The second-order valence-corrected chi connectivity index (χ2v) is 18.4. The maximum absolute atomic E-state index is 13.9. The minimum Gasteiger partial charge on any atom is -0.748 e. The molecule has 1 aliphatic rings. The predicted octanol–water partition coefficient (Wildman–Crippen LogP) is -10.2.